The number of ether oxygens (including phenoxy) is 1. The molecule has 2 rings (SSSR count). The number of carboxylic acids is 1. The predicted molar refractivity (Wildman–Crippen MR) is 74.2 cm³/mol. The lowest BCUT2D eigenvalue weighted by Gasteiger charge is -2.23. The molecular formula is C12H16N2O5S. The monoisotopic (exact) mass is 300 g/mol. The van der Waals surface area contributed by atoms with Crippen molar-refractivity contribution in [2.45, 2.75) is 18.1 Å². The van der Waals surface area contributed by atoms with E-state index in [1.807, 2.05) is 0 Å². The number of hydrogen-bond donors (Lipinski definition) is 3. The fourth-order valence-electron chi connectivity index (χ4n) is 2.06. The van der Waals surface area contributed by atoms with Gasteiger partial charge in [0.2, 0.25) is 10.0 Å². The van der Waals surface area contributed by atoms with E-state index in [2.05, 4.69) is 4.72 Å². The lowest BCUT2D eigenvalue weighted by atomic mass is 10.1. The number of carboxylic acid groups (broad SMARTS) is 1. The molecular weight excluding hydrogens is 284 g/mol. The van der Waals surface area contributed by atoms with Gasteiger partial charge in [-0.15, -0.1) is 0 Å². The van der Waals surface area contributed by atoms with Crippen molar-refractivity contribution < 1.29 is 23.1 Å². The van der Waals surface area contributed by atoms with E-state index in [0.717, 1.165) is 0 Å². The molecule has 0 unspecified atom stereocenters. The first-order valence-electron chi connectivity index (χ1n) is 6.12. The number of rotatable bonds is 4. The minimum atomic E-state index is -3.66. The van der Waals surface area contributed by atoms with E-state index in [9.17, 15) is 13.2 Å². The second-order valence-electron chi connectivity index (χ2n) is 4.57. The smallest absolute Gasteiger partial charge is 0.337 e. The number of benzene rings is 1. The van der Waals surface area contributed by atoms with Gasteiger partial charge in [0.1, 0.15) is 0 Å². The third-order valence-electron chi connectivity index (χ3n) is 3.13. The van der Waals surface area contributed by atoms with Crippen molar-refractivity contribution in [1.82, 2.24) is 0 Å². The van der Waals surface area contributed by atoms with E-state index in [1.165, 1.54) is 18.2 Å². The summed E-state index contributed by atoms with van der Waals surface area (Å²) in [5.74, 6) is -1.21. The van der Waals surface area contributed by atoms with Crippen molar-refractivity contribution in [3.63, 3.8) is 0 Å². The Kier molecular flexibility index (Phi) is 4.15. The fraction of sp³-hybridized carbons (Fsp3) is 0.417. The number of carbonyl (C=O) groups is 1. The minimum absolute atomic E-state index is 0.0102. The third-order valence-corrected chi connectivity index (χ3v) is 4.99. The molecule has 0 radical (unpaired) electrons. The highest BCUT2D eigenvalue weighted by Gasteiger charge is 2.28. The Hall–Kier alpha value is -1.80. The van der Waals surface area contributed by atoms with Crippen molar-refractivity contribution in [2.75, 3.05) is 23.7 Å². The minimum Gasteiger partial charge on any atom is -0.478 e. The maximum atomic E-state index is 12.2. The topological polar surface area (TPSA) is 119 Å². The summed E-state index contributed by atoms with van der Waals surface area (Å²) in [6.45, 7) is 0.766. The molecule has 0 aliphatic carbocycles. The lowest BCUT2D eigenvalue weighted by molar-refractivity contribution is 0.0698. The largest absolute Gasteiger partial charge is 0.478 e. The van der Waals surface area contributed by atoms with Crippen LogP contribution in [0.1, 0.15) is 23.2 Å². The summed E-state index contributed by atoms with van der Waals surface area (Å²) in [5.41, 5.74) is 5.73. The van der Waals surface area contributed by atoms with Crippen LogP contribution in [-0.2, 0) is 14.8 Å². The van der Waals surface area contributed by atoms with E-state index in [4.69, 9.17) is 15.6 Å². The average molecular weight is 300 g/mol. The molecule has 1 aliphatic rings. The molecule has 1 saturated heterocycles. The first kappa shape index (κ1) is 14.6. The van der Waals surface area contributed by atoms with Crippen molar-refractivity contribution >= 4 is 27.4 Å². The summed E-state index contributed by atoms with van der Waals surface area (Å²) >= 11 is 0. The second-order valence-corrected chi connectivity index (χ2v) is 6.53. The Bertz CT molecular complexity index is 608. The number of nitrogens with one attached hydrogen (secondary N) is 1. The molecule has 4 N–H and O–H groups in total. The van der Waals surface area contributed by atoms with E-state index < -0.39 is 21.2 Å². The Morgan fingerprint density at radius 2 is 2.00 bits per heavy atom. The highest BCUT2D eigenvalue weighted by atomic mass is 32.2. The summed E-state index contributed by atoms with van der Waals surface area (Å²) in [6.07, 6.45) is 0.778. The van der Waals surface area contributed by atoms with E-state index in [0.29, 0.717) is 31.7 Å². The van der Waals surface area contributed by atoms with Crippen LogP contribution in [0.15, 0.2) is 18.2 Å². The Labute approximate surface area is 116 Å². The molecule has 0 atom stereocenters. The van der Waals surface area contributed by atoms with Gasteiger partial charge in [0.15, 0.2) is 0 Å². The standard InChI is InChI=1S/C12H16N2O5S/c13-8-1-2-10(12(15)16)11(7-8)14-20(17,18)9-3-5-19-6-4-9/h1-2,7,9,14H,3-6,13H2,(H,15,16). The third kappa shape index (κ3) is 3.20. The second kappa shape index (κ2) is 5.68. The summed E-state index contributed by atoms with van der Waals surface area (Å²) in [4.78, 5) is 11.1. The van der Waals surface area contributed by atoms with Crippen LogP contribution in [0.3, 0.4) is 0 Å². The molecule has 1 heterocycles. The molecule has 0 aromatic heterocycles. The van der Waals surface area contributed by atoms with Gasteiger partial charge in [0.05, 0.1) is 16.5 Å². The maximum absolute atomic E-state index is 12.2. The van der Waals surface area contributed by atoms with E-state index >= 15 is 0 Å². The van der Waals surface area contributed by atoms with Gasteiger partial charge in [-0.2, -0.15) is 0 Å². The van der Waals surface area contributed by atoms with Crippen LogP contribution in [0.4, 0.5) is 11.4 Å². The van der Waals surface area contributed by atoms with Crippen LogP contribution in [0.5, 0.6) is 0 Å². The highest BCUT2D eigenvalue weighted by Crippen LogP contribution is 2.24. The van der Waals surface area contributed by atoms with Crippen LogP contribution >= 0.6 is 0 Å². The number of aromatic carboxylic acids is 1. The van der Waals surface area contributed by atoms with Crippen LogP contribution in [0, 0.1) is 0 Å². The van der Waals surface area contributed by atoms with Gasteiger partial charge in [0.25, 0.3) is 0 Å². The highest BCUT2D eigenvalue weighted by molar-refractivity contribution is 7.93. The van der Waals surface area contributed by atoms with Gasteiger partial charge in [-0.25, -0.2) is 13.2 Å². The molecule has 1 aromatic carbocycles. The molecule has 8 heteroatoms. The van der Waals surface area contributed by atoms with Crippen molar-refractivity contribution in [3.05, 3.63) is 23.8 Å². The van der Waals surface area contributed by atoms with Crippen LogP contribution in [-0.4, -0.2) is 38.0 Å². The first-order valence-corrected chi connectivity index (χ1v) is 7.67. The Balaban J connectivity index is 2.28. The number of nitrogens with two attached hydrogens (primary N) is 1. The average Bonchev–Trinajstić information content (AvgIpc) is 2.39. The van der Waals surface area contributed by atoms with Gasteiger partial charge in [-0.1, -0.05) is 0 Å². The quantitative estimate of drug-likeness (QED) is 0.710. The SMILES string of the molecule is Nc1ccc(C(=O)O)c(NS(=O)(=O)C2CCOCC2)c1. The zero-order valence-electron chi connectivity index (χ0n) is 10.7. The van der Waals surface area contributed by atoms with Gasteiger partial charge >= 0.3 is 5.97 Å². The lowest BCUT2D eigenvalue weighted by Crippen LogP contribution is -2.33. The summed E-state index contributed by atoms with van der Waals surface area (Å²) in [5, 5.41) is 8.48. The number of anilines is 2. The molecule has 0 bridgehead atoms. The van der Waals surface area contributed by atoms with Crippen LogP contribution in [0.2, 0.25) is 0 Å². The van der Waals surface area contributed by atoms with Crippen molar-refractivity contribution in [3.8, 4) is 0 Å². The Morgan fingerprint density at radius 1 is 1.35 bits per heavy atom. The number of sulfonamides is 1. The molecule has 20 heavy (non-hydrogen) atoms. The first-order chi connectivity index (χ1) is 9.40. The summed E-state index contributed by atoms with van der Waals surface area (Å²) < 4.78 is 31.9. The molecule has 0 spiro atoms. The molecule has 1 fully saturated rings. The molecule has 0 amide bonds. The molecule has 7 nitrogen and oxygen atoms in total. The maximum Gasteiger partial charge on any atom is 0.337 e. The van der Waals surface area contributed by atoms with Gasteiger partial charge in [-0.3, -0.25) is 4.72 Å². The Morgan fingerprint density at radius 3 is 2.60 bits per heavy atom. The molecule has 110 valence electrons. The van der Waals surface area contributed by atoms with Crippen LogP contribution < -0.4 is 10.5 Å². The predicted octanol–water partition coefficient (Wildman–Crippen LogP) is 0.888. The van der Waals surface area contributed by atoms with Gasteiger partial charge < -0.3 is 15.6 Å². The van der Waals surface area contributed by atoms with E-state index in [-0.39, 0.29) is 11.3 Å². The van der Waals surface area contributed by atoms with Crippen molar-refractivity contribution in [2.24, 2.45) is 0 Å². The van der Waals surface area contributed by atoms with Gasteiger partial charge in [-0.05, 0) is 31.0 Å². The zero-order valence-corrected chi connectivity index (χ0v) is 11.5. The van der Waals surface area contributed by atoms with Crippen LogP contribution in [0.25, 0.3) is 0 Å². The fourth-order valence-corrected chi connectivity index (χ4v) is 3.51. The number of nitrogen functional groups attached to an aromatic ring is 1. The van der Waals surface area contributed by atoms with Gasteiger partial charge in [0, 0.05) is 18.9 Å². The van der Waals surface area contributed by atoms with Crippen molar-refractivity contribution in [1.29, 1.82) is 0 Å². The zero-order chi connectivity index (χ0) is 14.8. The number of hydrogen-bond acceptors (Lipinski definition) is 5. The normalized spacial score (nSPS) is 16.8. The van der Waals surface area contributed by atoms with E-state index in [1.54, 1.807) is 0 Å². The summed E-state index contributed by atoms with van der Waals surface area (Å²) in [6, 6.07) is 4.00. The molecule has 0 saturated carbocycles. The molecule has 1 aliphatic heterocycles. The summed E-state index contributed by atoms with van der Waals surface area (Å²) in [7, 11) is -3.66. The molecule has 1 aromatic rings.